The molecule has 1 aliphatic rings. The molecule has 1 aromatic heterocycles. The molecule has 2 rings (SSSR count). The fraction of sp³-hybridized carbons (Fsp3) is 0.727. The molecule has 0 aromatic carbocycles. The van der Waals surface area contributed by atoms with Crippen molar-refractivity contribution < 1.29 is 5.11 Å². The standard InChI is InChI=1S/C11H20N4O/c1-10(2,3)15-5-8(4-14-15)9(12)11(16)6-13-7-11/h4-5,9,13,16H,6-7,12H2,1-3H3. The van der Waals surface area contributed by atoms with Gasteiger partial charge in [-0.25, -0.2) is 0 Å². The van der Waals surface area contributed by atoms with Crippen molar-refractivity contribution in [2.45, 2.75) is 38.0 Å². The molecule has 90 valence electrons. The van der Waals surface area contributed by atoms with Crippen molar-refractivity contribution in [1.29, 1.82) is 0 Å². The van der Waals surface area contributed by atoms with E-state index in [4.69, 9.17) is 5.73 Å². The lowest BCUT2D eigenvalue weighted by Gasteiger charge is -2.41. The number of rotatable bonds is 2. The maximum absolute atomic E-state index is 10.1. The van der Waals surface area contributed by atoms with Crippen LogP contribution in [0.2, 0.25) is 0 Å². The van der Waals surface area contributed by atoms with Crippen molar-refractivity contribution in [3.8, 4) is 0 Å². The van der Waals surface area contributed by atoms with Crippen LogP contribution in [0, 0.1) is 0 Å². The highest BCUT2D eigenvalue weighted by Gasteiger charge is 2.41. The Morgan fingerprint density at radius 1 is 1.56 bits per heavy atom. The zero-order valence-corrected chi connectivity index (χ0v) is 10.1. The third kappa shape index (κ3) is 1.86. The molecule has 5 heteroatoms. The largest absolute Gasteiger partial charge is 0.385 e. The number of aromatic nitrogens is 2. The minimum Gasteiger partial charge on any atom is -0.385 e. The molecule has 1 fully saturated rings. The Morgan fingerprint density at radius 3 is 2.56 bits per heavy atom. The van der Waals surface area contributed by atoms with Gasteiger partial charge in [0, 0.05) is 24.8 Å². The minimum absolute atomic E-state index is 0.0571. The molecule has 0 aliphatic carbocycles. The maximum atomic E-state index is 10.1. The SMILES string of the molecule is CC(C)(C)n1cc(C(N)C2(O)CNC2)cn1. The molecule has 1 atom stereocenters. The van der Waals surface area contributed by atoms with E-state index >= 15 is 0 Å². The zero-order chi connectivity index (χ0) is 12.0. The van der Waals surface area contributed by atoms with E-state index in [1.165, 1.54) is 0 Å². The Balaban J connectivity index is 2.19. The van der Waals surface area contributed by atoms with Gasteiger partial charge in [-0.3, -0.25) is 4.68 Å². The second-order valence-corrected chi connectivity index (χ2v) is 5.57. The van der Waals surface area contributed by atoms with Crippen LogP contribution in [0.4, 0.5) is 0 Å². The average Bonchev–Trinajstić information content (AvgIpc) is 2.60. The van der Waals surface area contributed by atoms with E-state index in [9.17, 15) is 5.11 Å². The first-order valence-corrected chi connectivity index (χ1v) is 5.57. The van der Waals surface area contributed by atoms with Gasteiger partial charge < -0.3 is 16.2 Å². The number of nitrogens with two attached hydrogens (primary N) is 1. The molecular weight excluding hydrogens is 204 g/mol. The first kappa shape index (κ1) is 11.6. The van der Waals surface area contributed by atoms with Crippen molar-refractivity contribution in [2.75, 3.05) is 13.1 Å². The summed E-state index contributed by atoms with van der Waals surface area (Å²) in [5.74, 6) is 0. The third-order valence-corrected chi connectivity index (χ3v) is 3.09. The lowest BCUT2D eigenvalue weighted by Crippen LogP contribution is -2.64. The second-order valence-electron chi connectivity index (χ2n) is 5.57. The molecule has 0 radical (unpaired) electrons. The van der Waals surface area contributed by atoms with Gasteiger partial charge >= 0.3 is 0 Å². The lowest BCUT2D eigenvalue weighted by atomic mass is 9.85. The zero-order valence-electron chi connectivity index (χ0n) is 10.1. The summed E-state index contributed by atoms with van der Waals surface area (Å²) in [6, 6.07) is -0.371. The fourth-order valence-electron chi connectivity index (χ4n) is 1.78. The normalized spacial score (nSPS) is 21.6. The highest BCUT2D eigenvalue weighted by atomic mass is 16.3. The Morgan fingerprint density at radius 2 is 2.19 bits per heavy atom. The van der Waals surface area contributed by atoms with Gasteiger partial charge in [-0.1, -0.05) is 0 Å². The Hall–Kier alpha value is -0.910. The van der Waals surface area contributed by atoms with Gasteiger partial charge in [0.05, 0.1) is 17.8 Å². The quantitative estimate of drug-likeness (QED) is 0.659. The number of nitrogens with zero attached hydrogens (tertiary/aromatic N) is 2. The van der Waals surface area contributed by atoms with Gasteiger partial charge in [0.2, 0.25) is 0 Å². The van der Waals surface area contributed by atoms with Crippen molar-refractivity contribution in [2.24, 2.45) is 5.73 Å². The van der Waals surface area contributed by atoms with Gasteiger partial charge in [-0.05, 0) is 20.8 Å². The van der Waals surface area contributed by atoms with Crippen molar-refractivity contribution in [3.05, 3.63) is 18.0 Å². The fourth-order valence-corrected chi connectivity index (χ4v) is 1.78. The molecule has 1 aromatic rings. The van der Waals surface area contributed by atoms with Gasteiger partial charge in [-0.2, -0.15) is 5.10 Å². The van der Waals surface area contributed by atoms with Gasteiger partial charge in [-0.15, -0.1) is 0 Å². The first-order chi connectivity index (χ1) is 7.33. The Kier molecular flexibility index (Phi) is 2.57. The molecule has 1 unspecified atom stereocenters. The summed E-state index contributed by atoms with van der Waals surface area (Å²) in [4.78, 5) is 0. The van der Waals surface area contributed by atoms with Crippen LogP contribution in [0.25, 0.3) is 0 Å². The predicted octanol–water partition coefficient (Wildman–Crippen LogP) is -0.0278. The summed E-state index contributed by atoms with van der Waals surface area (Å²) < 4.78 is 1.87. The number of β-amino-alcohol motifs (C(OH)–C–C–N with tert-alkyl or cyclic N) is 1. The summed E-state index contributed by atoms with van der Waals surface area (Å²) in [6.45, 7) is 7.34. The number of hydrogen-bond donors (Lipinski definition) is 3. The molecule has 2 heterocycles. The second kappa shape index (κ2) is 3.55. The van der Waals surface area contributed by atoms with Crippen LogP contribution >= 0.6 is 0 Å². The van der Waals surface area contributed by atoms with Crippen molar-refractivity contribution in [1.82, 2.24) is 15.1 Å². The topological polar surface area (TPSA) is 76.1 Å². The highest BCUT2D eigenvalue weighted by molar-refractivity contribution is 5.19. The molecule has 0 amide bonds. The molecule has 0 saturated carbocycles. The number of aliphatic hydroxyl groups is 1. The molecular formula is C11H20N4O. The van der Waals surface area contributed by atoms with E-state index in [2.05, 4.69) is 31.2 Å². The molecule has 1 aliphatic heterocycles. The van der Waals surface area contributed by atoms with E-state index in [1.807, 2.05) is 10.9 Å². The van der Waals surface area contributed by atoms with Crippen LogP contribution in [0.15, 0.2) is 12.4 Å². The van der Waals surface area contributed by atoms with Crippen LogP contribution in [0.3, 0.4) is 0 Å². The lowest BCUT2D eigenvalue weighted by molar-refractivity contribution is -0.0333. The molecule has 0 bridgehead atoms. The first-order valence-electron chi connectivity index (χ1n) is 5.57. The molecule has 5 nitrogen and oxygen atoms in total. The van der Waals surface area contributed by atoms with Crippen LogP contribution < -0.4 is 11.1 Å². The van der Waals surface area contributed by atoms with E-state index in [1.54, 1.807) is 6.20 Å². The van der Waals surface area contributed by atoms with E-state index in [0.717, 1.165) is 5.56 Å². The van der Waals surface area contributed by atoms with E-state index < -0.39 is 5.60 Å². The maximum Gasteiger partial charge on any atom is 0.109 e. The van der Waals surface area contributed by atoms with Crippen LogP contribution in [-0.4, -0.2) is 33.6 Å². The molecule has 16 heavy (non-hydrogen) atoms. The highest BCUT2D eigenvalue weighted by Crippen LogP contribution is 2.27. The van der Waals surface area contributed by atoms with Gasteiger partial charge in [0.1, 0.15) is 5.60 Å². The molecule has 4 N–H and O–H groups in total. The molecule has 1 saturated heterocycles. The van der Waals surface area contributed by atoms with Crippen LogP contribution in [0.5, 0.6) is 0 Å². The van der Waals surface area contributed by atoms with Gasteiger partial charge in [0.15, 0.2) is 0 Å². The Bertz CT molecular complexity index is 376. The van der Waals surface area contributed by atoms with E-state index in [0.29, 0.717) is 13.1 Å². The number of hydrogen-bond acceptors (Lipinski definition) is 4. The monoisotopic (exact) mass is 224 g/mol. The summed E-state index contributed by atoms with van der Waals surface area (Å²) in [7, 11) is 0. The third-order valence-electron chi connectivity index (χ3n) is 3.09. The summed E-state index contributed by atoms with van der Waals surface area (Å²) in [6.07, 6.45) is 3.66. The summed E-state index contributed by atoms with van der Waals surface area (Å²) in [5.41, 5.74) is 6.06. The molecule has 0 spiro atoms. The van der Waals surface area contributed by atoms with Crippen molar-refractivity contribution >= 4 is 0 Å². The number of nitrogens with one attached hydrogen (secondary N) is 1. The van der Waals surface area contributed by atoms with Crippen LogP contribution in [-0.2, 0) is 5.54 Å². The summed E-state index contributed by atoms with van der Waals surface area (Å²) >= 11 is 0. The van der Waals surface area contributed by atoms with E-state index in [-0.39, 0.29) is 11.6 Å². The Labute approximate surface area is 95.6 Å². The summed E-state index contributed by atoms with van der Waals surface area (Å²) in [5, 5.41) is 17.4. The minimum atomic E-state index is -0.814. The van der Waals surface area contributed by atoms with Crippen molar-refractivity contribution in [3.63, 3.8) is 0 Å². The predicted molar refractivity (Wildman–Crippen MR) is 62.0 cm³/mol. The van der Waals surface area contributed by atoms with Crippen LogP contribution in [0.1, 0.15) is 32.4 Å². The van der Waals surface area contributed by atoms with Gasteiger partial charge in [0.25, 0.3) is 0 Å². The average molecular weight is 224 g/mol. The smallest absolute Gasteiger partial charge is 0.109 e.